The van der Waals surface area contributed by atoms with Gasteiger partial charge in [0.2, 0.25) is 0 Å². The number of carbonyl (C=O) groups is 1. The Morgan fingerprint density at radius 3 is 2.59 bits per heavy atom. The number of carbonyl (C=O) groups excluding carboxylic acids is 1. The molecule has 1 aliphatic rings. The third-order valence-corrected chi connectivity index (χ3v) is 3.69. The fourth-order valence-corrected chi connectivity index (χ4v) is 2.69. The lowest BCUT2D eigenvalue weighted by Crippen LogP contribution is -2.34. The van der Waals surface area contributed by atoms with Crippen LogP contribution in [0, 0.1) is 0 Å². The number of hydrogen-bond acceptors (Lipinski definition) is 4. The number of nitrogens with one attached hydrogen (secondary N) is 1. The Bertz CT molecular complexity index is 517. The standard InChI is InChI=1S/C17H27N3O2/c1-17(2,3)22-16(21)19-12-13-14(18)8-7-9-15(13)20-10-5-4-6-11-20/h7-9H,4-6,10-12,18H2,1-3H3,(H,19,21). The van der Waals surface area contributed by atoms with E-state index in [0.29, 0.717) is 12.2 Å². The molecule has 2 rings (SSSR count). The molecule has 0 atom stereocenters. The molecule has 1 aromatic carbocycles. The average Bonchev–Trinajstić information content (AvgIpc) is 2.45. The van der Waals surface area contributed by atoms with Crippen molar-refractivity contribution in [3.8, 4) is 0 Å². The number of ether oxygens (including phenoxy) is 1. The summed E-state index contributed by atoms with van der Waals surface area (Å²) in [6.07, 6.45) is 3.27. The molecule has 1 aromatic rings. The minimum absolute atomic E-state index is 0.382. The molecule has 1 fully saturated rings. The van der Waals surface area contributed by atoms with Crippen LogP contribution in [0.4, 0.5) is 16.2 Å². The van der Waals surface area contributed by atoms with Crippen LogP contribution in [-0.4, -0.2) is 24.8 Å². The second-order valence-electron chi connectivity index (χ2n) is 6.75. The lowest BCUT2D eigenvalue weighted by atomic mass is 10.1. The second kappa shape index (κ2) is 6.90. The van der Waals surface area contributed by atoms with E-state index < -0.39 is 11.7 Å². The molecule has 3 N–H and O–H groups in total. The van der Waals surface area contributed by atoms with Gasteiger partial charge in [0.25, 0.3) is 0 Å². The van der Waals surface area contributed by atoms with Gasteiger partial charge in [-0.25, -0.2) is 4.79 Å². The van der Waals surface area contributed by atoms with Crippen molar-refractivity contribution in [2.24, 2.45) is 0 Å². The molecular weight excluding hydrogens is 278 g/mol. The number of nitrogens with zero attached hydrogens (tertiary/aromatic N) is 1. The van der Waals surface area contributed by atoms with Crippen molar-refractivity contribution < 1.29 is 9.53 Å². The Morgan fingerprint density at radius 2 is 1.95 bits per heavy atom. The zero-order valence-corrected chi connectivity index (χ0v) is 13.8. The first-order valence-electron chi connectivity index (χ1n) is 7.96. The quantitative estimate of drug-likeness (QED) is 0.841. The van der Waals surface area contributed by atoms with Gasteiger partial charge in [0.1, 0.15) is 5.60 Å². The Balaban J connectivity index is 2.07. The molecule has 0 aromatic heterocycles. The summed E-state index contributed by atoms with van der Waals surface area (Å²) in [5.74, 6) is 0. The first-order chi connectivity index (χ1) is 10.4. The Hall–Kier alpha value is -1.91. The predicted octanol–water partition coefficient (Wildman–Crippen LogP) is 3.28. The topological polar surface area (TPSA) is 67.6 Å². The van der Waals surface area contributed by atoms with E-state index in [-0.39, 0.29) is 0 Å². The van der Waals surface area contributed by atoms with Gasteiger partial charge < -0.3 is 20.7 Å². The molecule has 5 nitrogen and oxygen atoms in total. The van der Waals surface area contributed by atoms with Crippen LogP contribution in [-0.2, 0) is 11.3 Å². The Labute approximate surface area is 132 Å². The predicted molar refractivity (Wildman–Crippen MR) is 90.0 cm³/mol. The van der Waals surface area contributed by atoms with E-state index in [2.05, 4.69) is 16.3 Å². The number of nitrogen functional groups attached to an aromatic ring is 1. The summed E-state index contributed by atoms with van der Waals surface area (Å²) in [6, 6.07) is 5.92. The number of amides is 1. The van der Waals surface area contributed by atoms with Crippen molar-refractivity contribution in [2.45, 2.75) is 52.2 Å². The molecule has 1 amide bonds. The van der Waals surface area contributed by atoms with Crippen molar-refractivity contribution in [3.63, 3.8) is 0 Å². The van der Waals surface area contributed by atoms with Crippen LogP contribution >= 0.6 is 0 Å². The van der Waals surface area contributed by atoms with Crippen molar-refractivity contribution in [2.75, 3.05) is 23.7 Å². The average molecular weight is 305 g/mol. The van der Waals surface area contributed by atoms with E-state index in [9.17, 15) is 4.79 Å². The van der Waals surface area contributed by atoms with E-state index >= 15 is 0 Å². The molecule has 0 unspecified atom stereocenters. The zero-order chi connectivity index (χ0) is 16.2. The molecule has 0 saturated carbocycles. The van der Waals surface area contributed by atoms with Crippen molar-refractivity contribution in [1.82, 2.24) is 5.32 Å². The summed E-state index contributed by atoms with van der Waals surface area (Å²) in [6.45, 7) is 8.02. The van der Waals surface area contributed by atoms with Crippen LogP contribution in [0.5, 0.6) is 0 Å². The highest BCUT2D eigenvalue weighted by Gasteiger charge is 2.19. The van der Waals surface area contributed by atoms with Gasteiger partial charge in [0.05, 0.1) is 6.54 Å². The summed E-state index contributed by atoms with van der Waals surface area (Å²) in [4.78, 5) is 14.2. The first-order valence-corrected chi connectivity index (χ1v) is 7.96. The summed E-state index contributed by atoms with van der Waals surface area (Å²) < 4.78 is 5.28. The van der Waals surface area contributed by atoms with Gasteiger partial charge in [-0.3, -0.25) is 0 Å². The van der Waals surface area contributed by atoms with Gasteiger partial charge in [0, 0.05) is 30.0 Å². The molecule has 22 heavy (non-hydrogen) atoms. The molecule has 0 aliphatic carbocycles. The number of rotatable bonds is 3. The van der Waals surface area contributed by atoms with Gasteiger partial charge in [-0.1, -0.05) is 6.07 Å². The highest BCUT2D eigenvalue weighted by molar-refractivity contribution is 5.70. The third kappa shape index (κ3) is 4.55. The fourth-order valence-electron chi connectivity index (χ4n) is 2.69. The summed E-state index contributed by atoms with van der Waals surface area (Å²) >= 11 is 0. The third-order valence-electron chi connectivity index (χ3n) is 3.69. The van der Waals surface area contributed by atoms with E-state index in [0.717, 1.165) is 24.3 Å². The van der Waals surface area contributed by atoms with Crippen molar-refractivity contribution in [1.29, 1.82) is 0 Å². The van der Waals surface area contributed by atoms with Crippen LogP contribution < -0.4 is 16.0 Å². The van der Waals surface area contributed by atoms with E-state index in [1.54, 1.807) is 0 Å². The minimum atomic E-state index is -0.498. The van der Waals surface area contributed by atoms with Crippen LogP contribution in [0.25, 0.3) is 0 Å². The SMILES string of the molecule is CC(C)(C)OC(=O)NCc1c(N)cccc1N1CCCCC1. The molecule has 1 heterocycles. The normalized spacial score (nSPS) is 15.5. The smallest absolute Gasteiger partial charge is 0.407 e. The van der Waals surface area contributed by atoms with Crippen LogP contribution in [0.1, 0.15) is 45.6 Å². The Morgan fingerprint density at radius 1 is 1.27 bits per heavy atom. The van der Waals surface area contributed by atoms with Gasteiger partial charge in [-0.05, 0) is 52.2 Å². The van der Waals surface area contributed by atoms with Crippen LogP contribution in [0.2, 0.25) is 0 Å². The van der Waals surface area contributed by atoms with Gasteiger partial charge in [-0.15, -0.1) is 0 Å². The number of anilines is 2. The summed E-state index contributed by atoms with van der Waals surface area (Å²) in [5.41, 5.74) is 8.42. The number of nitrogens with two attached hydrogens (primary N) is 1. The van der Waals surface area contributed by atoms with Gasteiger partial charge >= 0.3 is 6.09 Å². The molecule has 0 bridgehead atoms. The summed E-state index contributed by atoms with van der Waals surface area (Å²) in [7, 11) is 0. The van der Waals surface area contributed by atoms with Crippen molar-refractivity contribution >= 4 is 17.5 Å². The lowest BCUT2D eigenvalue weighted by Gasteiger charge is -2.31. The van der Waals surface area contributed by atoms with Crippen LogP contribution in [0.3, 0.4) is 0 Å². The molecule has 1 saturated heterocycles. The van der Waals surface area contributed by atoms with E-state index in [4.69, 9.17) is 10.5 Å². The van der Waals surface area contributed by atoms with E-state index in [1.807, 2.05) is 32.9 Å². The molecule has 1 aliphatic heterocycles. The number of hydrogen-bond donors (Lipinski definition) is 2. The number of benzene rings is 1. The van der Waals surface area contributed by atoms with Gasteiger partial charge in [0.15, 0.2) is 0 Å². The maximum Gasteiger partial charge on any atom is 0.407 e. The van der Waals surface area contributed by atoms with E-state index in [1.165, 1.54) is 19.3 Å². The maximum atomic E-state index is 11.8. The number of piperidine rings is 1. The monoisotopic (exact) mass is 305 g/mol. The summed E-state index contributed by atoms with van der Waals surface area (Å²) in [5, 5.41) is 2.81. The highest BCUT2D eigenvalue weighted by atomic mass is 16.6. The minimum Gasteiger partial charge on any atom is -0.444 e. The highest BCUT2D eigenvalue weighted by Crippen LogP contribution is 2.28. The fraction of sp³-hybridized carbons (Fsp3) is 0.588. The Kier molecular flexibility index (Phi) is 5.16. The lowest BCUT2D eigenvalue weighted by molar-refractivity contribution is 0.0524. The maximum absolute atomic E-state index is 11.8. The zero-order valence-electron chi connectivity index (χ0n) is 13.8. The molecule has 122 valence electrons. The molecule has 5 heteroatoms. The molecule has 0 radical (unpaired) electrons. The largest absolute Gasteiger partial charge is 0.444 e. The molecular formula is C17H27N3O2. The van der Waals surface area contributed by atoms with Crippen molar-refractivity contribution in [3.05, 3.63) is 23.8 Å². The second-order valence-corrected chi connectivity index (χ2v) is 6.75. The van der Waals surface area contributed by atoms with Crippen LogP contribution in [0.15, 0.2) is 18.2 Å². The molecule has 0 spiro atoms. The number of alkyl carbamates (subject to hydrolysis) is 1. The van der Waals surface area contributed by atoms with Gasteiger partial charge in [-0.2, -0.15) is 0 Å². The first kappa shape index (κ1) is 16.5.